The standard InChI is InChI=1S/C20H17N3O/c21-19(24)20(15-9-3-1-4-10-15)17-13-7-8-14-18(17)23(22-20)16-11-5-2-6-12-16/h1-14,22H,(H2,21,24). The summed E-state index contributed by atoms with van der Waals surface area (Å²) in [5, 5.41) is 1.92. The molecule has 3 aromatic carbocycles. The van der Waals surface area contributed by atoms with Crippen molar-refractivity contribution in [1.82, 2.24) is 5.43 Å². The molecule has 24 heavy (non-hydrogen) atoms. The minimum absolute atomic E-state index is 0.431. The Balaban J connectivity index is 1.96. The number of rotatable bonds is 3. The lowest BCUT2D eigenvalue weighted by molar-refractivity contribution is -0.122. The van der Waals surface area contributed by atoms with Gasteiger partial charge in [0, 0.05) is 5.56 Å². The summed E-state index contributed by atoms with van der Waals surface area (Å²) in [6, 6.07) is 27.3. The predicted octanol–water partition coefficient (Wildman–Crippen LogP) is 3.07. The Morgan fingerprint density at radius 3 is 2.08 bits per heavy atom. The first-order valence-electron chi connectivity index (χ1n) is 7.81. The number of hydrogen-bond donors (Lipinski definition) is 2. The summed E-state index contributed by atoms with van der Waals surface area (Å²) in [6.07, 6.45) is 0. The van der Waals surface area contributed by atoms with Crippen LogP contribution in [0.4, 0.5) is 11.4 Å². The minimum Gasteiger partial charge on any atom is -0.367 e. The van der Waals surface area contributed by atoms with Crippen LogP contribution in [0, 0.1) is 0 Å². The molecule has 1 aliphatic heterocycles. The predicted molar refractivity (Wildman–Crippen MR) is 94.6 cm³/mol. The van der Waals surface area contributed by atoms with Crippen LogP contribution < -0.4 is 16.2 Å². The highest BCUT2D eigenvalue weighted by Crippen LogP contribution is 2.44. The smallest absolute Gasteiger partial charge is 0.248 e. The van der Waals surface area contributed by atoms with Gasteiger partial charge in [0.2, 0.25) is 5.91 Å². The Labute approximate surface area is 140 Å². The Morgan fingerprint density at radius 1 is 0.833 bits per heavy atom. The lowest BCUT2D eigenvalue weighted by Crippen LogP contribution is -2.53. The van der Waals surface area contributed by atoms with E-state index in [1.807, 2.05) is 89.9 Å². The zero-order chi connectivity index (χ0) is 16.6. The summed E-state index contributed by atoms with van der Waals surface area (Å²) in [6.45, 7) is 0. The normalized spacial score (nSPS) is 19.1. The van der Waals surface area contributed by atoms with Gasteiger partial charge in [0.15, 0.2) is 5.54 Å². The molecule has 1 unspecified atom stereocenters. The van der Waals surface area contributed by atoms with Gasteiger partial charge in [-0.3, -0.25) is 9.80 Å². The number of benzene rings is 3. The van der Waals surface area contributed by atoms with Crippen LogP contribution in [0.5, 0.6) is 0 Å². The van der Waals surface area contributed by atoms with Gasteiger partial charge in [-0.15, -0.1) is 0 Å². The van der Waals surface area contributed by atoms with Gasteiger partial charge in [-0.05, 0) is 23.8 Å². The van der Waals surface area contributed by atoms with Crippen LogP contribution in [0.1, 0.15) is 11.1 Å². The second kappa shape index (κ2) is 5.51. The third-order valence-electron chi connectivity index (χ3n) is 4.42. The van der Waals surface area contributed by atoms with Gasteiger partial charge in [0.05, 0.1) is 11.4 Å². The largest absolute Gasteiger partial charge is 0.367 e. The minimum atomic E-state index is -1.09. The van der Waals surface area contributed by atoms with Gasteiger partial charge in [0.1, 0.15) is 0 Å². The van der Waals surface area contributed by atoms with Crippen LogP contribution in [-0.2, 0) is 10.3 Å². The fourth-order valence-electron chi connectivity index (χ4n) is 3.29. The molecule has 1 atom stereocenters. The number of carbonyl (C=O) groups excluding carboxylic acids is 1. The molecule has 0 saturated carbocycles. The van der Waals surface area contributed by atoms with Gasteiger partial charge in [0.25, 0.3) is 0 Å². The van der Waals surface area contributed by atoms with Gasteiger partial charge < -0.3 is 5.73 Å². The third-order valence-corrected chi connectivity index (χ3v) is 4.42. The Hall–Kier alpha value is -3.11. The number of nitrogens with two attached hydrogens (primary N) is 1. The summed E-state index contributed by atoms with van der Waals surface area (Å²) in [7, 11) is 0. The molecule has 0 fully saturated rings. The molecule has 4 nitrogen and oxygen atoms in total. The van der Waals surface area contributed by atoms with Crippen molar-refractivity contribution in [3.8, 4) is 0 Å². The van der Waals surface area contributed by atoms with E-state index >= 15 is 0 Å². The molecule has 0 radical (unpaired) electrons. The molecule has 0 aliphatic carbocycles. The Bertz CT molecular complexity index is 880. The number of hydrazine groups is 1. The number of hydrogen-bond acceptors (Lipinski definition) is 3. The van der Waals surface area contributed by atoms with Crippen molar-refractivity contribution in [2.45, 2.75) is 5.54 Å². The molecule has 0 bridgehead atoms. The molecule has 3 aromatic rings. The van der Waals surface area contributed by atoms with Crippen LogP contribution in [0.2, 0.25) is 0 Å². The average Bonchev–Trinajstić information content (AvgIpc) is 3.00. The summed E-state index contributed by atoms with van der Waals surface area (Å²) >= 11 is 0. The van der Waals surface area contributed by atoms with Gasteiger partial charge in [-0.1, -0.05) is 66.7 Å². The molecule has 0 aromatic heterocycles. The zero-order valence-electron chi connectivity index (χ0n) is 13.0. The molecule has 1 aliphatic rings. The van der Waals surface area contributed by atoms with Crippen molar-refractivity contribution >= 4 is 17.3 Å². The number of nitrogens with one attached hydrogen (secondary N) is 1. The monoisotopic (exact) mass is 315 g/mol. The second-order valence-electron chi connectivity index (χ2n) is 5.78. The van der Waals surface area contributed by atoms with E-state index in [9.17, 15) is 4.79 Å². The van der Waals surface area contributed by atoms with Crippen LogP contribution in [0.15, 0.2) is 84.9 Å². The van der Waals surface area contributed by atoms with Crippen LogP contribution in [0.25, 0.3) is 0 Å². The number of nitrogens with zero attached hydrogens (tertiary/aromatic N) is 1. The van der Waals surface area contributed by atoms with Crippen molar-refractivity contribution in [2.24, 2.45) is 5.73 Å². The summed E-state index contributed by atoms with van der Waals surface area (Å²) in [4.78, 5) is 12.6. The van der Waals surface area contributed by atoms with Crippen molar-refractivity contribution in [1.29, 1.82) is 0 Å². The highest BCUT2D eigenvalue weighted by atomic mass is 16.2. The van der Waals surface area contributed by atoms with E-state index in [2.05, 4.69) is 5.43 Å². The molecule has 1 amide bonds. The van der Waals surface area contributed by atoms with E-state index in [-0.39, 0.29) is 0 Å². The molecule has 118 valence electrons. The molecule has 0 saturated heterocycles. The maximum atomic E-state index is 12.6. The highest BCUT2D eigenvalue weighted by Gasteiger charge is 2.49. The average molecular weight is 315 g/mol. The van der Waals surface area contributed by atoms with E-state index < -0.39 is 11.4 Å². The van der Waals surface area contributed by atoms with Crippen LogP contribution >= 0.6 is 0 Å². The number of primary amides is 1. The first-order valence-corrected chi connectivity index (χ1v) is 7.81. The summed E-state index contributed by atoms with van der Waals surface area (Å²) in [5.74, 6) is -0.431. The Morgan fingerprint density at radius 2 is 1.42 bits per heavy atom. The van der Waals surface area contributed by atoms with E-state index in [1.165, 1.54) is 0 Å². The number of amides is 1. The molecule has 0 spiro atoms. The van der Waals surface area contributed by atoms with E-state index in [4.69, 9.17) is 5.73 Å². The lowest BCUT2D eigenvalue weighted by atomic mass is 9.83. The van der Waals surface area contributed by atoms with Gasteiger partial charge in [-0.2, -0.15) is 0 Å². The second-order valence-corrected chi connectivity index (χ2v) is 5.78. The topological polar surface area (TPSA) is 58.4 Å². The highest BCUT2D eigenvalue weighted by molar-refractivity contribution is 5.95. The maximum absolute atomic E-state index is 12.6. The van der Waals surface area contributed by atoms with Crippen LogP contribution in [0.3, 0.4) is 0 Å². The number of fused-ring (bicyclic) bond motifs is 1. The van der Waals surface area contributed by atoms with E-state index in [0.29, 0.717) is 0 Å². The number of anilines is 2. The molecular formula is C20H17N3O. The quantitative estimate of drug-likeness (QED) is 0.781. The van der Waals surface area contributed by atoms with Crippen LogP contribution in [-0.4, -0.2) is 5.91 Å². The first-order chi connectivity index (χ1) is 11.7. The molecule has 1 heterocycles. The Kier molecular flexibility index (Phi) is 3.32. The summed E-state index contributed by atoms with van der Waals surface area (Å²) in [5.41, 5.74) is 11.7. The SMILES string of the molecule is NC(=O)C1(c2ccccc2)NN(c2ccccc2)c2ccccc21. The van der Waals surface area contributed by atoms with Crippen molar-refractivity contribution in [3.05, 3.63) is 96.1 Å². The molecule has 4 rings (SSSR count). The van der Waals surface area contributed by atoms with E-state index in [0.717, 1.165) is 22.5 Å². The lowest BCUT2D eigenvalue weighted by Gasteiger charge is -2.29. The van der Waals surface area contributed by atoms with Crippen molar-refractivity contribution < 1.29 is 4.79 Å². The molecule has 3 N–H and O–H groups in total. The van der Waals surface area contributed by atoms with Crippen molar-refractivity contribution in [3.63, 3.8) is 0 Å². The fraction of sp³-hybridized carbons (Fsp3) is 0.0500. The third kappa shape index (κ3) is 2.01. The number of para-hydroxylation sites is 2. The summed E-state index contributed by atoms with van der Waals surface area (Å²) < 4.78 is 0. The maximum Gasteiger partial charge on any atom is 0.248 e. The molecular weight excluding hydrogens is 298 g/mol. The van der Waals surface area contributed by atoms with E-state index in [1.54, 1.807) is 0 Å². The fourth-order valence-corrected chi connectivity index (χ4v) is 3.29. The van der Waals surface area contributed by atoms with Crippen molar-refractivity contribution in [2.75, 3.05) is 5.01 Å². The molecule has 4 heteroatoms. The first kappa shape index (κ1) is 14.5. The zero-order valence-corrected chi connectivity index (χ0v) is 13.0. The van der Waals surface area contributed by atoms with Gasteiger partial charge >= 0.3 is 0 Å². The number of carbonyl (C=O) groups is 1. The van der Waals surface area contributed by atoms with Gasteiger partial charge in [-0.25, -0.2) is 5.43 Å².